The van der Waals surface area contributed by atoms with Crippen LogP contribution in [0.3, 0.4) is 0 Å². The van der Waals surface area contributed by atoms with E-state index >= 15 is 0 Å². The van der Waals surface area contributed by atoms with Crippen molar-refractivity contribution in [1.29, 1.82) is 0 Å². The molecule has 1 unspecified atom stereocenters. The Balaban J connectivity index is 3.94. The van der Waals surface area contributed by atoms with E-state index < -0.39 is 6.10 Å². The quantitative estimate of drug-likeness (QED) is 0.0261. The molecule has 6 heteroatoms. The molecule has 0 saturated heterocycles. The molecule has 0 heterocycles. The van der Waals surface area contributed by atoms with Crippen molar-refractivity contribution in [2.45, 2.75) is 380 Å². The Labute approximate surface area is 486 Å². The number of rotatable bonds is 64. The zero-order valence-electron chi connectivity index (χ0n) is 52.5. The van der Waals surface area contributed by atoms with Gasteiger partial charge in [-0.1, -0.05) is 345 Å². The normalized spacial score (nSPS) is 12.3. The molecular weight excluding hydrogens is 961 g/mol. The Morgan fingerprint density at radius 2 is 0.500 bits per heavy atom. The first kappa shape index (κ1) is 75.4. The maximum absolute atomic E-state index is 12.9. The van der Waals surface area contributed by atoms with Crippen molar-refractivity contribution in [3.63, 3.8) is 0 Å². The summed E-state index contributed by atoms with van der Waals surface area (Å²) in [5, 5.41) is 0. The van der Waals surface area contributed by atoms with Crippen LogP contribution in [-0.2, 0) is 28.6 Å². The van der Waals surface area contributed by atoms with Crippen molar-refractivity contribution in [3.05, 3.63) is 48.6 Å². The van der Waals surface area contributed by atoms with Gasteiger partial charge < -0.3 is 14.2 Å². The van der Waals surface area contributed by atoms with Gasteiger partial charge in [0.15, 0.2) is 6.10 Å². The molecule has 0 aromatic rings. The van der Waals surface area contributed by atoms with Crippen molar-refractivity contribution in [1.82, 2.24) is 0 Å². The van der Waals surface area contributed by atoms with Gasteiger partial charge >= 0.3 is 17.9 Å². The van der Waals surface area contributed by atoms with Gasteiger partial charge in [0.1, 0.15) is 13.2 Å². The molecule has 0 aliphatic rings. The maximum Gasteiger partial charge on any atom is 0.306 e. The van der Waals surface area contributed by atoms with Gasteiger partial charge in [0.25, 0.3) is 0 Å². The molecule has 0 aromatic carbocycles. The lowest BCUT2D eigenvalue weighted by atomic mass is 10.0. The second kappa shape index (κ2) is 66.9. The fraction of sp³-hybridized carbons (Fsp3) is 0.847. The average molecular weight is 1090 g/mol. The third-order valence-electron chi connectivity index (χ3n) is 15.6. The molecule has 456 valence electrons. The lowest BCUT2D eigenvalue weighted by Crippen LogP contribution is -2.30. The highest BCUT2D eigenvalue weighted by Gasteiger charge is 2.19. The van der Waals surface area contributed by atoms with E-state index in [1.807, 2.05) is 0 Å². The Kier molecular flexibility index (Phi) is 64.6. The summed E-state index contributed by atoms with van der Waals surface area (Å²) in [6.07, 6.45) is 84.7. The predicted octanol–water partition coefficient (Wildman–Crippen LogP) is 23.7. The van der Waals surface area contributed by atoms with Crippen LogP contribution in [0.15, 0.2) is 48.6 Å². The van der Waals surface area contributed by atoms with E-state index in [2.05, 4.69) is 69.4 Å². The van der Waals surface area contributed by atoms with Crippen molar-refractivity contribution in [2.75, 3.05) is 13.2 Å². The SMILES string of the molecule is CC/C=C\C/C=C\C/C=C\C/C=C\CCCCCCCCCCCCCCCCCCCCCCC(=O)OCC(COC(=O)CCCCCCCC)OC(=O)CCCCCCCCCCCCCCCCCCCCCCC. The van der Waals surface area contributed by atoms with E-state index in [4.69, 9.17) is 14.2 Å². The molecule has 0 saturated carbocycles. The van der Waals surface area contributed by atoms with Gasteiger partial charge in [-0.3, -0.25) is 14.4 Å². The summed E-state index contributed by atoms with van der Waals surface area (Å²) in [7, 11) is 0. The predicted molar refractivity (Wildman–Crippen MR) is 339 cm³/mol. The highest BCUT2D eigenvalue weighted by molar-refractivity contribution is 5.71. The number of unbranched alkanes of at least 4 members (excludes halogenated alkanes) is 45. The van der Waals surface area contributed by atoms with Crippen LogP contribution in [0.2, 0.25) is 0 Å². The van der Waals surface area contributed by atoms with E-state index in [-0.39, 0.29) is 31.1 Å². The Bertz CT molecular complexity index is 1350. The Morgan fingerprint density at radius 1 is 0.269 bits per heavy atom. The van der Waals surface area contributed by atoms with Gasteiger partial charge in [0, 0.05) is 19.3 Å². The smallest absolute Gasteiger partial charge is 0.306 e. The second-order valence-electron chi connectivity index (χ2n) is 23.4. The largest absolute Gasteiger partial charge is 0.462 e. The molecular formula is C72H132O6. The molecule has 0 bridgehead atoms. The number of esters is 3. The van der Waals surface area contributed by atoms with E-state index in [1.165, 1.54) is 250 Å². The van der Waals surface area contributed by atoms with Gasteiger partial charge in [0.2, 0.25) is 0 Å². The fourth-order valence-electron chi connectivity index (χ4n) is 10.4. The summed E-state index contributed by atoms with van der Waals surface area (Å²) < 4.78 is 16.9. The summed E-state index contributed by atoms with van der Waals surface area (Å²) in [6.45, 7) is 6.53. The highest BCUT2D eigenvalue weighted by Crippen LogP contribution is 2.19. The van der Waals surface area contributed by atoms with E-state index in [1.54, 1.807) is 0 Å². The first-order valence-electron chi connectivity index (χ1n) is 34.6. The van der Waals surface area contributed by atoms with E-state index in [0.29, 0.717) is 19.3 Å². The minimum Gasteiger partial charge on any atom is -0.462 e. The zero-order valence-corrected chi connectivity index (χ0v) is 52.5. The summed E-state index contributed by atoms with van der Waals surface area (Å²) in [6, 6.07) is 0. The molecule has 0 aliphatic heterocycles. The van der Waals surface area contributed by atoms with Crippen LogP contribution < -0.4 is 0 Å². The Hall–Kier alpha value is -2.63. The third-order valence-corrected chi connectivity index (χ3v) is 15.6. The molecule has 0 rings (SSSR count). The molecule has 0 amide bonds. The lowest BCUT2D eigenvalue weighted by Gasteiger charge is -2.18. The van der Waals surface area contributed by atoms with Crippen LogP contribution in [0.25, 0.3) is 0 Å². The van der Waals surface area contributed by atoms with E-state index in [9.17, 15) is 14.4 Å². The summed E-state index contributed by atoms with van der Waals surface area (Å²) >= 11 is 0. The summed E-state index contributed by atoms with van der Waals surface area (Å²) in [4.78, 5) is 38.1. The summed E-state index contributed by atoms with van der Waals surface area (Å²) in [5.74, 6) is -0.849. The molecule has 0 aliphatic carbocycles. The number of carbonyl (C=O) groups is 3. The maximum atomic E-state index is 12.9. The van der Waals surface area contributed by atoms with Gasteiger partial charge in [-0.2, -0.15) is 0 Å². The number of hydrogen-bond donors (Lipinski definition) is 0. The Morgan fingerprint density at radius 3 is 0.782 bits per heavy atom. The van der Waals surface area contributed by atoms with Crippen LogP contribution in [0.1, 0.15) is 374 Å². The molecule has 6 nitrogen and oxygen atoms in total. The third kappa shape index (κ3) is 64.2. The summed E-state index contributed by atoms with van der Waals surface area (Å²) in [5.41, 5.74) is 0. The number of ether oxygens (including phenoxy) is 3. The van der Waals surface area contributed by atoms with Gasteiger partial charge in [0.05, 0.1) is 0 Å². The average Bonchev–Trinajstić information content (AvgIpc) is 3.44. The molecule has 0 radical (unpaired) electrons. The van der Waals surface area contributed by atoms with E-state index in [0.717, 1.165) is 83.5 Å². The highest BCUT2D eigenvalue weighted by atomic mass is 16.6. The zero-order chi connectivity index (χ0) is 56.4. The van der Waals surface area contributed by atoms with Crippen molar-refractivity contribution in [3.8, 4) is 0 Å². The molecule has 0 fully saturated rings. The molecule has 1 atom stereocenters. The number of allylic oxidation sites excluding steroid dienone is 8. The van der Waals surface area contributed by atoms with Crippen molar-refractivity contribution < 1.29 is 28.6 Å². The van der Waals surface area contributed by atoms with Gasteiger partial charge in [-0.15, -0.1) is 0 Å². The lowest BCUT2D eigenvalue weighted by molar-refractivity contribution is -0.167. The van der Waals surface area contributed by atoms with Crippen LogP contribution in [0.5, 0.6) is 0 Å². The van der Waals surface area contributed by atoms with Gasteiger partial charge in [-0.05, 0) is 57.8 Å². The molecule has 0 spiro atoms. The molecule has 78 heavy (non-hydrogen) atoms. The minimum absolute atomic E-state index is 0.0660. The number of hydrogen-bond acceptors (Lipinski definition) is 6. The van der Waals surface area contributed by atoms with Crippen LogP contribution >= 0.6 is 0 Å². The fourth-order valence-corrected chi connectivity index (χ4v) is 10.4. The molecule has 0 N–H and O–H groups in total. The molecule has 0 aromatic heterocycles. The monoisotopic (exact) mass is 1090 g/mol. The second-order valence-corrected chi connectivity index (χ2v) is 23.4. The van der Waals surface area contributed by atoms with Crippen molar-refractivity contribution in [2.24, 2.45) is 0 Å². The van der Waals surface area contributed by atoms with Crippen LogP contribution in [-0.4, -0.2) is 37.2 Å². The topological polar surface area (TPSA) is 78.9 Å². The first-order chi connectivity index (χ1) is 38.5. The first-order valence-corrected chi connectivity index (χ1v) is 34.6. The number of carbonyl (C=O) groups excluding carboxylic acids is 3. The minimum atomic E-state index is -0.765. The van der Waals surface area contributed by atoms with Crippen LogP contribution in [0.4, 0.5) is 0 Å². The standard InChI is InChI=1S/C72H132O6/c1-4-7-10-13-16-18-20-22-24-26-28-30-31-32-33-34-35-36-37-38-39-40-41-43-44-46-48-50-52-54-56-59-62-65-71(74)77-68-69(67-76-70(73)64-61-58-15-12-9-6-3)78-72(75)66-63-60-57-55-53-51-49-47-45-42-29-27-25-23-21-19-17-14-11-8-5-2/h7,10,16,18,22,24,28,30,69H,4-6,8-9,11-15,17,19-21,23,25-27,29,31-68H2,1-3H3/b10-7-,18-16-,24-22-,30-28-. The van der Waals surface area contributed by atoms with Gasteiger partial charge in [-0.25, -0.2) is 0 Å². The van der Waals surface area contributed by atoms with Crippen molar-refractivity contribution >= 4 is 17.9 Å². The van der Waals surface area contributed by atoms with Crippen LogP contribution in [0, 0.1) is 0 Å².